The van der Waals surface area contributed by atoms with E-state index < -0.39 is 0 Å². The molecule has 0 aromatic heterocycles. The van der Waals surface area contributed by atoms with Gasteiger partial charge in [0, 0.05) is 25.6 Å². The van der Waals surface area contributed by atoms with Crippen molar-refractivity contribution in [3.8, 4) is 0 Å². The zero-order valence-corrected chi connectivity index (χ0v) is 7.71. The lowest BCUT2D eigenvalue weighted by Gasteiger charge is -2.09. The molecule has 4 heteroatoms. The molecule has 2 atom stereocenters. The molecule has 0 radical (unpaired) electrons. The van der Waals surface area contributed by atoms with Crippen LogP contribution in [0, 0.1) is 0 Å². The summed E-state index contributed by atoms with van der Waals surface area (Å²) in [5, 5.41) is 6.01. The smallest absolute Gasteiger partial charge is 0.220 e. The molecule has 1 amide bonds. The topological polar surface area (TPSA) is 50.4 Å². The lowest BCUT2D eigenvalue weighted by atomic mass is 10.3. The van der Waals surface area contributed by atoms with Crippen LogP contribution in [0.15, 0.2) is 0 Å². The second kappa shape index (κ2) is 4.07. The number of ether oxygens (including phenoxy) is 1. The van der Waals surface area contributed by atoms with Crippen molar-refractivity contribution in [3.05, 3.63) is 0 Å². The highest BCUT2D eigenvalue weighted by molar-refractivity contribution is 5.77. The van der Waals surface area contributed by atoms with E-state index in [4.69, 9.17) is 4.74 Å². The highest BCUT2D eigenvalue weighted by atomic mass is 16.5. The molecular weight excluding hydrogens is 168 g/mol. The second-order valence-electron chi connectivity index (χ2n) is 3.75. The van der Waals surface area contributed by atoms with Gasteiger partial charge in [-0.15, -0.1) is 0 Å². The van der Waals surface area contributed by atoms with Gasteiger partial charge in [-0.05, 0) is 12.8 Å². The third-order valence-corrected chi connectivity index (χ3v) is 2.62. The molecule has 0 spiro atoms. The van der Waals surface area contributed by atoms with Gasteiger partial charge in [0.05, 0.1) is 12.7 Å². The lowest BCUT2D eigenvalue weighted by Crippen LogP contribution is -2.30. The molecule has 2 bridgehead atoms. The summed E-state index contributed by atoms with van der Waals surface area (Å²) in [5.74, 6) is 0.204. The number of hydrogen-bond donors (Lipinski definition) is 2. The molecule has 3 fully saturated rings. The monoisotopic (exact) mass is 184 g/mol. The maximum atomic E-state index is 10.1. The summed E-state index contributed by atoms with van der Waals surface area (Å²) >= 11 is 0. The minimum absolute atomic E-state index is 0.204. The molecule has 3 aliphatic heterocycles. The van der Waals surface area contributed by atoms with Crippen LogP contribution in [0.4, 0.5) is 0 Å². The lowest BCUT2D eigenvalue weighted by molar-refractivity contribution is -0.119. The number of fused-ring (bicyclic) bond motifs is 2. The first-order valence-corrected chi connectivity index (χ1v) is 4.96. The number of hydrogen-bond acceptors (Lipinski definition) is 3. The fourth-order valence-corrected chi connectivity index (χ4v) is 1.85. The summed E-state index contributed by atoms with van der Waals surface area (Å²) in [4.78, 5) is 10.1. The van der Waals surface area contributed by atoms with Crippen LogP contribution in [-0.4, -0.2) is 37.7 Å². The molecule has 74 valence electrons. The van der Waals surface area contributed by atoms with Gasteiger partial charge >= 0.3 is 0 Å². The van der Waals surface area contributed by atoms with Crippen molar-refractivity contribution in [2.75, 3.05) is 19.7 Å². The van der Waals surface area contributed by atoms with Crippen molar-refractivity contribution in [2.24, 2.45) is 0 Å². The molecule has 2 unspecified atom stereocenters. The number of amides is 1. The van der Waals surface area contributed by atoms with E-state index in [0.29, 0.717) is 12.1 Å². The Hall–Kier alpha value is -0.610. The molecular formula is C9H16N2O2. The van der Waals surface area contributed by atoms with Gasteiger partial charge in [0.2, 0.25) is 5.91 Å². The minimum Gasteiger partial charge on any atom is -0.375 e. The Labute approximate surface area is 78.0 Å². The van der Waals surface area contributed by atoms with Crippen LogP contribution < -0.4 is 10.6 Å². The SMILES string of the molecule is C1OC2CNC1C2.O=C1CCCN1. The molecule has 4 nitrogen and oxygen atoms in total. The summed E-state index contributed by atoms with van der Waals surface area (Å²) in [6.07, 6.45) is 3.57. The normalized spacial score (nSPS) is 35.5. The van der Waals surface area contributed by atoms with Gasteiger partial charge in [-0.25, -0.2) is 0 Å². The van der Waals surface area contributed by atoms with Crippen LogP contribution in [0.25, 0.3) is 0 Å². The first kappa shape index (κ1) is 8.97. The van der Waals surface area contributed by atoms with E-state index in [0.717, 1.165) is 32.5 Å². The van der Waals surface area contributed by atoms with Crippen molar-refractivity contribution in [1.29, 1.82) is 0 Å². The van der Waals surface area contributed by atoms with E-state index in [-0.39, 0.29) is 5.91 Å². The van der Waals surface area contributed by atoms with Crippen LogP contribution >= 0.6 is 0 Å². The number of carbonyl (C=O) groups excluding carboxylic acids is 1. The zero-order chi connectivity index (χ0) is 9.10. The Bertz CT molecular complexity index is 170. The van der Waals surface area contributed by atoms with Crippen LogP contribution in [0.1, 0.15) is 19.3 Å². The van der Waals surface area contributed by atoms with Gasteiger partial charge in [-0.2, -0.15) is 0 Å². The minimum atomic E-state index is 0.204. The summed E-state index contributed by atoms with van der Waals surface area (Å²) < 4.78 is 5.29. The number of morpholine rings is 1. The number of carbonyl (C=O) groups is 1. The molecule has 2 N–H and O–H groups in total. The predicted molar refractivity (Wildman–Crippen MR) is 48.4 cm³/mol. The summed E-state index contributed by atoms with van der Waals surface area (Å²) in [5.41, 5.74) is 0. The highest BCUT2D eigenvalue weighted by Crippen LogP contribution is 2.17. The first-order valence-electron chi connectivity index (χ1n) is 4.96. The molecule has 0 aromatic rings. The van der Waals surface area contributed by atoms with E-state index >= 15 is 0 Å². The molecule has 13 heavy (non-hydrogen) atoms. The van der Waals surface area contributed by atoms with Gasteiger partial charge in [-0.1, -0.05) is 0 Å². The van der Waals surface area contributed by atoms with Gasteiger partial charge in [0.25, 0.3) is 0 Å². The molecule has 3 saturated heterocycles. The maximum Gasteiger partial charge on any atom is 0.220 e. The molecule has 0 saturated carbocycles. The Morgan fingerprint density at radius 3 is 2.54 bits per heavy atom. The van der Waals surface area contributed by atoms with Crippen LogP contribution in [-0.2, 0) is 9.53 Å². The second-order valence-corrected chi connectivity index (χ2v) is 3.75. The largest absolute Gasteiger partial charge is 0.375 e. The number of nitrogens with one attached hydrogen (secondary N) is 2. The Balaban J connectivity index is 0.000000102. The highest BCUT2D eigenvalue weighted by Gasteiger charge is 2.31. The first-order chi connectivity index (χ1) is 6.34. The van der Waals surface area contributed by atoms with E-state index in [1.54, 1.807) is 0 Å². The van der Waals surface area contributed by atoms with E-state index in [9.17, 15) is 4.79 Å². The van der Waals surface area contributed by atoms with E-state index in [1.165, 1.54) is 6.42 Å². The molecule has 0 aromatic carbocycles. The molecule has 3 heterocycles. The Kier molecular flexibility index (Phi) is 2.80. The predicted octanol–water partition coefficient (Wildman–Crippen LogP) is -0.356. The van der Waals surface area contributed by atoms with Gasteiger partial charge in [0.1, 0.15) is 0 Å². The average Bonchev–Trinajstić information content (AvgIpc) is 2.80. The third kappa shape index (κ3) is 2.42. The fourth-order valence-electron chi connectivity index (χ4n) is 1.85. The molecule has 0 aliphatic carbocycles. The van der Waals surface area contributed by atoms with Crippen LogP contribution in [0.5, 0.6) is 0 Å². The van der Waals surface area contributed by atoms with Crippen LogP contribution in [0.2, 0.25) is 0 Å². The van der Waals surface area contributed by atoms with E-state index in [2.05, 4.69) is 10.6 Å². The van der Waals surface area contributed by atoms with Crippen molar-refractivity contribution in [2.45, 2.75) is 31.4 Å². The fraction of sp³-hybridized carbons (Fsp3) is 0.889. The third-order valence-electron chi connectivity index (χ3n) is 2.62. The number of rotatable bonds is 0. The van der Waals surface area contributed by atoms with Gasteiger partial charge in [-0.3, -0.25) is 4.79 Å². The summed E-state index contributed by atoms with van der Waals surface area (Å²) in [6, 6.07) is 0.699. The van der Waals surface area contributed by atoms with Crippen molar-refractivity contribution < 1.29 is 9.53 Å². The molecule has 3 rings (SSSR count). The molecule has 3 aliphatic rings. The Morgan fingerprint density at radius 2 is 2.38 bits per heavy atom. The van der Waals surface area contributed by atoms with Gasteiger partial charge < -0.3 is 15.4 Å². The van der Waals surface area contributed by atoms with Gasteiger partial charge in [0.15, 0.2) is 0 Å². The van der Waals surface area contributed by atoms with Crippen molar-refractivity contribution in [1.82, 2.24) is 10.6 Å². The van der Waals surface area contributed by atoms with E-state index in [1.807, 2.05) is 0 Å². The quantitative estimate of drug-likeness (QED) is 0.540. The average molecular weight is 184 g/mol. The van der Waals surface area contributed by atoms with Crippen molar-refractivity contribution in [3.63, 3.8) is 0 Å². The Morgan fingerprint density at radius 1 is 1.46 bits per heavy atom. The van der Waals surface area contributed by atoms with Crippen LogP contribution in [0.3, 0.4) is 0 Å². The maximum absolute atomic E-state index is 10.1. The zero-order valence-electron chi connectivity index (χ0n) is 7.71. The van der Waals surface area contributed by atoms with Crippen molar-refractivity contribution >= 4 is 5.91 Å². The summed E-state index contributed by atoms with van der Waals surface area (Å²) in [7, 11) is 0. The summed E-state index contributed by atoms with van der Waals surface area (Å²) in [6.45, 7) is 2.92. The standard InChI is InChI=1S/C5H9NO.C4H7NO/c1-4-3-7-5(1)2-6-4;6-4-2-1-3-5-4/h4-6H,1-3H2;1-3H2,(H,5,6).